The van der Waals surface area contributed by atoms with Crippen LogP contribution in [0.25, 0.3) is 0 Å². The lowest BCUT2D eigenvalue weighted by molar-refractivity contribution is 0.282. The van der Waals surface area contributed by atoms with Crippen LogP contribution in [-0.4, -0.2) is 44.2 Å². The van der Waals surface area contributed by atoms with Gasteiger partial charge in [0.25, 0.3) is 10.0 Å². The molecule has 3 N–H and O–H groups in total. The number of anilines is 2. The van der Waals surface area contributed by atoms with Crippen LogP contribution in [0.15, 0.2) is 31.3 Å². The van der Waals surface area contributed by atoms with Crippen molar-refractivity contribution < 1.29 is 22.5 Å². The van der Waals surface area contributed by atoms with Crippen LogP contribution >= 0.6 is 22.5 Å². The molecule has 10 nitrogen and oxygen atoms in total. The summed E-state index contributed by atoms with van der Waals surface area (Å²) in [5.41, 5.74) is 1.12. The van der Waals surface area contributed by atoms with Crippen LogP contribution in [0.1, 0.15) is 70.7 Å². The van der Waals surface area contributed by atoms with Gasteiger partial charge in [0.15, 0.2) is 21.1 Å². The maximum absolute atomic E-state index is 12.9. The molecule has 1 aliphatic heterocycles. The Morgan fingerprint density at radius 2 is 2.03 bits per heavy atom. The van der Waals surface area contributed by atoms with Crippen molar-refractivity contribution in [3.05, 3.63) is 34.5 Å². The smallest absolute Gasteiger partial charge is 0.256 e. The third-order valence-electron chi connectivity index (χ3n) is 5.86. The predicted octanol–water partition coefficient (Wildman–Crippen LogP) is 4.84. The molecule has 4 heterocycles. The number of H-pyrrole nitrogens is 1. The Kier molecular flexibility index (Phi) is 7.17. The van der Waals surface area contributed by atoms with E-state index < -0.39 is 27.2 Å². The van der Waals surface area contributed by atoms with Crippen LogP contribution in [0.5, 0.6) is 5.75 Å². The Morgan fingerprint density at radius 1 is 1.34 bits per heavy atom. The summed E-state index contributed by atoms with van der Waals surface area (Å²) in [7, 11) is -3.78. The molecule has 13 heteroatoms. The fraction of sp³-hybridized carbons (Fsp3) is 0.545. The van der Waals surface area contributed by atoms with Crippen molar-refractivity contribution in [2.45, 2.75) is 63.6 Å². The minimum absolute atomic E-state index is 0.127. The first-order valence-electron chi connectivity index (χ1n) is 11.4. The molecule has 3 aromatic rings. The van der Waals surface area contributed by atoms with Gasteiger partial charge in [0.05, 0.1) is 12.0 Å². The lowest BCUT2D eigenvalue weighted by atomic mass is 9.85. The number of rotatable bonds is 7. The summed E-state index contributed by atoms with van der Waals surface area (Å²) in [5, 5.41) is 15.1. The van der Waals surface area contributed by atoms with Gasteiger partial charge in [-0.1, -0.05) is 34.6 Å². The fourth-order valence-electron chi connectivity index (χ4n) is 3.86. The quantitative estimate of drug-likeness (QED) is 0.363. The lowest BCUT2D eigenvalue weighted by Gasteiger charge is -2.25. The normalized spacial score (nSPS) is 17.5. The highest BCUT2D eigenvalue weighted by Crippen LogP contribution is 2.41. The second-order valence-corrected chi connectivity index (χ2v) is 13.9. The maximum atomic E-state index is 12.9. The number of thiophene rings is 1. The number of hydrogen-bond donors (Lipinski definition) is 3. The van der Waals surface area contributed by atoms with Crippen LogP contribution in [0.3, 0.4) is 0 Å². The highest BCUT2D eigenvalue weighted by Gasteiger charge is 2.33. The zero-order valence-electron chi connectivity index (χ0n) is 20.4. The van der Waals surface area contributed by atoms with Crippen LogP contribution in [0.2, 0.25) is 0 Å². The molecule has 1 unspecified atom stereocenters. The van der Waals surface area contributed by atoms with Crippen molar-refractivity contribution in [2.75, 3.05) is 18.4 Å². The van der Waals surface area contributed by atoms with Gasteiger partial charge in [0, 0.05) is 22.8 Å². The number of aromatic hydroxyl groups is 1. The standard InChI is InChI=1S/C22H31N5O5S3/c1-13(2)14-10-16(32-11-14)18(22(3,4)5)24-20-19(25-34(29)26-20)23-15-12-33-21(17(15)28)35(30,31)27-8-6-7-9-27/h10-13,18,28H,6-9H2,1-5H3,(H,23,25)(H,24,26)/t18-,34?/m0/s1. The van der Waals surface area contributed by atoms with Crippen LogP contribution in [0, 0.1) is 5.41 Å². The van der Waals surface area contributed by atoms with Crippen molar-refractivity contribution in [1.82, 2.24) is 13.1 Å². The molecular weight excluding hydrogens is 510 g/mol. The highest BCUT2D eigenvalue weighted by atomic mass is 32.2. The van der Waals surface area contributed by atoms with Gasteiger partial charge in [-0.25, -0.2) is 13.4 Å². The molecule has 0 radical (unpaired) electrons. The van der Waals surface area contributed by atoms with Crippen molar-refractivity contribution in [1.29, 1.82) is 0 Å². The topological polar surface area (TPSA) is 147 Å². The molecule has 1 aliphatic rings. The van der Waals surface area contributed by atoms with E-state index in [1.54, 1.807) is 6.26 Å². The van der Waals surface area contributed by atoms with Gasteiger partial charge < -0.3 is 19.4 Å². The van der Waals surface area contributed by atoms with Gasteiger partial charge in [-0.05, 0) is 35.8 Å². The molecule has 1 fully saturated rings. The number of furan rings is 1. The molecule has 0 aliphatic carbocycles. The first kappa shape index (κ1) is 25.9. The zero-order valence-corrected chi connectivity index (χ0v) is 22.8. The Bertz CT molecular complexity index is 1350. The minimum atomic E-state index is -3.78. The van der Waals surface area contributed by atoms with E-state index in [1.165, 1.54) is 9.69 Å². The Labute approximate surface area is 211 Å². The monoisotopic (exact) mass is 541 g/mol. The third kappa shape index (κ3) is 5.33. The van der Waals surface area contributed by atoms with E-state index in [2.05, 4.69) is 27.9 Å². The van der Waals surface area contributed by atoms with Gasteiger partial charge >= 0.3 is 0 Å². The molecule has 1 saturated heterocycles. The van der Waals surface area contributed by atoms with Crippen molar-refractivity contribution in [3.63, 3.8) is 0 Å². The summed E-state index contributed by atoms with van der Waals surface area (Å²) in [6.07, 6.45) is 3.32. The molecule has 35 heavy (non-hydrogen) atoms. The van der Waals surface area contributed by atoms with E-state index >= 15 is 0 Å². The first-order valence-corrected chi connectivity index (χ1v) is 14.8. The molecular formula is C22H31N5O5S3. The Hall–Kier alpha value is -2.19. The molecule has 192 valence electrons. The molecule has 0 spiro atoms. The molecule has 3 aromatic heterocycles. The van der Waals surface area contributed by atoms with E-state index in [0.717, 1.165) is 29.7 Å². The summed E-state index contributed by atoms with van der Waals surface area (Å²) in [6, 6.07) is 1.56. The highest BCUT2D eigenvalue weighted by molar-refractivity contribution is 7.91. The summed E-state index contributed by atoms with van der Waals surface area (Å²) in [4.78, 5) is 4.79. The summed E-state index contributed by atoms with van der Waals surface area (Å²) >= 11 is -0.840. The number of sulfonamides is 1. The zero-order chi connectivity index (χ0) is 25.5. The van der Waals surface area contributed by atoms with E-state index in [1.807, 2.05) is 26.8 Å². The first-order chi connectivity index (χ1) is 16.4. The largest absolute Gasteiger partial charge is 0.548 e. The van der Waals surface area contributed by atoms with Crippen molar-refractivity contribution in [3.8, 4) is 5.75 Å². The van der Waals surface area contributed by atoms with E-state index in [9.17, 15) is 18.1 Å². The van der Waals surface area contributed by atoms with Crippen molar-refractivity contribution in [2.24, 2.45) is 10.4 Å². The van der Waals surface area contributed by atoms with E-state index in [-0.39, 0.29) is 32.4 Å². The van der Waals surface area contributed by atoms with Crippen LogP contribution in [-0.2, 0) is 10.0 Å². The fourth-order valence-corrected chi connectivity index (χ4v) is 7.41. The summed E-state index contributed by atoms with van der Waals surface area (Å²) < 4.78 is 51.9. The number of hydrogen-bond acceptors (Lipinski definition) is 9. The molecule has 0 bridgehead atoms. The molecule has 0 saturated carbocycles. The molecule has 2 atom stereocenters. The van der Waals surface area contributed by atoms with Gasteiger partial charge in [-0.3, -0.25) is 0 Å². The van der Waals surface area contributed by atoms with E-state index in [0.29, 0.717) is 24.8 Å². The maximum Gasteiger partial charge on any atom is 0.256 e. The SMILES string of the molecule is CC(C)c1coc([C@H](N=c2[nH][s+]([O-])nc2Nc2csc(S(=O)(=O)N3CCCC3)c2O)C(C)(C)C)c1. The Morgan fingerprint density at radius 3 is 2.63 bits per heavy atom. The molecule has 4 rings (SSSR count). The summed E-state index contributed by atoms with van der Waals surface area (Å²) in [6.45, 7) is 11.1. The third-order valence-corrected chi connectivity index (χ3v) is 9.97. The molecule has 0 aromatic carbocycles. The van der Waals surface area contributed by atoms with Gasteiger partial charge in [-0.2, -0.15) is 4.31 Å². The average molecular weight is 542 g/mol. The summed E-state index contributed by atoms with van der Waals surface area (Å²) in [5.74, 6) is 0.724. The van der Waals surface area contributed by atoms with Crippen molar-refractivity contribution >= 4 is 44.0 Å². The second-order valence-electron chi connectivity index (χ2n) is 10.00. The predicted molar refractivity (Wildman–Crippen MR) is 135 cm³/mol. The second kappa shape index (κ2) is 9.69. The van der Waals surface area contributed by atoms with Gasteiger partial charge in [0.1, 0.15) is 11.8 Å². The Balaban J connectivity index is 1.69. The van der Waals surface area contributed by atoms with Crippen LogP contribution in [0.4, 0.5) is 11.5 Å². The van der Waals surface area contributed by atoms with Gasteiger partial charge in [-0.15, -0.1) is 15.7 Å². The number of aromatic amines is 1. The van der Waals surface area contributed by atoms with Gasteiger partial charge in [0.2, 0.25) is 11.3 Å². The van der Waals surface area contributed by atoms with Crippen LogP contribution < -0.4 is 10.8 Å². The van der Waals surface area contributed by atoms with E-state index in [4.69, 9.17) is 9.41 Å². The average Bonchev–Trinajstić information content (AvgIpc) is 3.54. The number of aromatic nitrogens is 2. The number of nitrogens with one attached hydrogen (secondary N) is 2. The lowest BCUT2D eigenvalue weighted by Crippen LogP contribution is -2.27. The number of nitrogens with zero attached hydrogens (tertiary/aromatic N) is 3. The minimum Gasteiger partial charge on any atom is -0.548 e. The molecule has 0 amide bonds.